The van der Waals surface area contributed by atoms with E-state index in [1.54, 1.807) is 30.0 Å². The van der Waals surface area contributed by atoms with Crippen LogP contribution in [0.3, 0.4) is 0 Å². The maximum absolute atomic E-state index is 12.5. The molecule has 2 aromatic heterocycles. The highest BCUT2D eigenvalue weighted by atomic mass is 32.2. The molecule has 0 aliphatic rings. The van der Waals surface area contributed by atoms with E-state index in [0.717, 1.165) is 15.1 Å². The number of para-hydroxylation sites is 1. The number of hydrogen-bond acceptors (Lipinski definition) is 6. The van der Waals surface area contributed by atoms with Gasteiger partial charge in [-0.25, -0.2) is 9.78 Å². The smallest absolute Gasteiger partial charge is 0.349 e. The van der Waals surface area contributed by atoms with Gasteiger partial charge in [-0.2, -0.15) is 0 Å². The van der Waals surface area contributed by atoms with E-state index in [1.807, 2.05) is 30.5 Å². The van der Waals surface area contributed by atoms with Gasteiger partial charge in [0.05, 0.1) is 10.2 Å². The van der Waals surface area contributed by atoms with Crippen molar-refractivity contribution >= 4 is 55.3 Å². The van der Waals surface area contributed by atoms with Crippen LogP contribution in [0.1, 0.15) is 10.4 Å². The number of nitrogens with one attached hydrogen (secondary N) is 1. The van der Waals surface area contributed by atoms with Gasteiger partial charge in [-0.3, -0.25) is 10.1 Å². The van der Waals surface area contributed by atoms with E-state index >= 15 is 0 Å². The second-order valence-corrected chi connectivity index (χ2v) is 7.20. The van der Waals surface area contributed by atoms with Crippen LogP contribution in [-0.2, 0) is 0 Å². The third kappa shape index (κ3) is 3.04. The lowest BCUT2D eigenvalue weighted by Crippen LogP contribution is -2.20. The van der Waals surface area contributed by atoms with Gasteiger partial charge >= 0.3 is 5.63 Å². The molecule has 5 nitrogen and oxygen atoms in total. The number of carbonyl (C=O) groups is 1. The molecule has 0 aliphatic carbocycles. The van der Waals surface area contributed by atoms with Crippen molar-refractivity contribution in [2.24, 2.45) is 0 Å². The Hall–Kier alpha value is -2.64. The van der Waals surface area contributed by atoms with Gasteiger partial charge in [-0.15, -0.1) is 11.8 Å². The zero-order chi connectivity index (χ0) is 17.4. The Kier molecular flexibility index (Phi) is 4.03. The monoisotopic (exact) mass is 368 g/mol. The van der Waals surface area contributed by atoms with Crippen LogP contribution in [0, 0.1) is 0 Å². The van der Waals surface area contributed by atoms with E-state index in [1.165, 1.54) is 17.4 Å². The van der Waals surface area contributed by atoms with Crippen LogP contribution in [0.4, 0.5) is 5.13 Å². The van der Waals surface area contributed by atoms with Gasteiger partial charge in [0, 0.05) is 10.3 Å². The van der Waals surface area contributed by atoms with E-state index in [2.05, 4.69) is 10.3 Å². The molecule has 124 valence electrons. The lowest BCUT2D eigenvalue weighted by molar-refractivity contribution is 0.102. The lowest BCUT2D eigenvalue weighted by Gasteiger charge is -2.02. The molecule has 0 atom stereocenters. The Labute approximate surface area is 150 Å². The summed E-state index contributed by atoms with van der Waals surface area (Å²) in [5, 5.41) is 3.84. The molecule has 25 heavy (non-hydrogen) atoms. The number of benzene rings is 2. The fraction of sp³-hybridized carbons (Fsp3) is 0.0556. The van der Waals surface area contributed by atoms with Crippen LogP contribution in [0.25, 0.3) is 21.2 Å². The molecule has 2 aromatic carbocycles. The third-order valence-corrected chi connectivity index (χ3v) is 5.36. The molecule has 0 saturated heterocycles. The third-order valence-electron chi connectivity index (χ3n) is 3.70. The van der Waals surface area contributed by atoms with E-state index in [0.29, 0.717) is 16.1 Å². The van der Waals surface area contributed by atoms with Crippen molar-refractivity contribution in [3.63, 3.8) is 0 Å². The molecule has 0 aliphatic heterocycles. The fourth-order valence-corrected chi connectivity index (χ4v) is 3.88. The maximum Gasteiger partial charge on any atom is 0.349 e. The molecule has 2 heterocycles. The zero-order valence-electron chi connectivity index (χ0n) is 13.1. The van der Waals surface area contributed by atoms with Crippen molar-refractivity contribution in [3.8, 4) is 0 Å². The molecule has 1 amide bonds. The molecule has 0 unspecified atom stereocenters. The summed E-state index contributed by atoms with van der Waals surface area (Å²) in [6.07, 6.45) is 2.00. The first kappa shape index (κ1) is 15.9. The molecular weight excluding hydrogens is 356 g/mol. The quantitative estimate of drug-likeness (QED) is 0.429. The molecule has 7 heteroatoms. The summed E-state index contributed by atoms with van der Waals surface area (Å²) in [7, 11) is 0. The molecule has 0 bridgehead atoms. The van der Waals surface area contributed by atoms with Gasteiger partial charge in [-0.05, 0) is 36.6 Å². The van der Waals surface area contributed by atoms with Crippen molar-refractivity contribution in [1.82, 2.24) is 4.98 Å². The van der Waals surface area contributed by atoms with E-state index in [-0.39, 0.29) is 5.56 Å². The average molecular weight is 368 g/mol. The Bertz CT molecular complexity index is 1160. The fourth-order valence-electron chi connectivity index (χ4n) is 2.47. The van der Waals surface area contributed by atoms with Gasteiger partial charge in [0.15, 0.2) is 5.13 Å². The van der Waals surface area contributed by atoms with Crippen LogP contribution in [0.15, 0.2) is 62.6 Å². The number of thiazole rings is 1. The Balaban J connectivity index is 1.68. The predicted octanol–water partition coefficient (Wildman–Crippen LogP) is 4.38. The minimum absolute atomic E-state index is 0.0391. The Morgan fingerprint density at radius 3 is 2.88 bits per heavy atom. The number of hydrogen-bond donors (Lipinski definition) is 1. The second kappa shape index (κ2) is 6.34. The van der Waals surface area contributed by atoms with Gasteiger partial charge in [-0.1, -0.05) is 29.5 Å². The van der Waals surface area contributed by atoms with Crippen LogP contribution in [-0.4, -0.2) is 17.1 Å². The number of fused-ring (bicyclic) bond motifs is 2. The number of carbonyl (C=O) groups excluding carboxylic acids is 1. The highest BCUT2D eigenvalue weighted by Crippen LogP contribution is 2.29. The maximum atomic E-state index is 12.5. The van der Waals surface area contributed by atoms with Crippen molar-refractivity contribution in [2.45, 2.75) is 4.90 Å². The number of amides is 1. The summed E-state index contributed by atoms with van der Waals surface area (Å²) in [6.45, 7) is 0. The highest BCUT2D eigenvalue weighted by molar-refractivity contribution is 7.98. The average Bonchev–Trinajstić information content (AvgIpc) is 3.02. The van der Waals surface area contributed by atoms with Gasteiger partial charge in [0.25, 0.3) is 5.91 Å². The summed E-state index contributed by atoms with van der Waals surface area (Å²) in [5.74, 6) is -0.524. The van der Waals surface area contributed by atoms with E-state index < -0.39 is 11.5 Å². The highest BCUT2D eigenvalue weighted by Gasteiger charge is 2.16. The Morgan fingerprint density at radius 1 is 1.20 bits per heavy atom. The van der Waals surface area contributed by atoms with Crippen LogP contribution in [0.2, 0.25) is 0 Å². The summed E-state index contributed by atoms with van der Waals surface area (Å²) < 4.78 is 6.18. The normalized spacial score (nSPS) is 11.1. The molecular formula is C18H12N2O3S2. The van der Waals surface area contributed by atoms with E-state index in [4.69, 9.17) is 4.42 Å². The topological polar surface area (TPSA) is 72.2 Å². The van der Waals surface area contributed by atoms with Crippen molar-refractivity contribution in [2.75, 3.05) is 11.6 Å². The van der Waals surface area contributed by atoms with Gasteiger partial charge in [0.1, 0.15) is 11.1 Å². The molecule has 0 fully saturated rings. The number of anilines is 1. The van der Waals surface area contributed by atoms with Crippen molar-refractivity contribution in [1.29, 1.82) is 0 Å². The van der Waals surface area contributed by atoms with Gasteiger partial charge < -0.3 is 4.42 Å². The molecule has 1 N–H and O–H groups in total. The summed E-state index contributed by atoms with van der Waals surface area (Å²) in [6, 6.07) is 14.5. The molecule has 4 aromatic rings. The minimum Gasteiger partial charge on any atom is -0.422 e. The first-order valence-electron chi connectivity index (χ1n) is 7.43. The Morgan fingerprint density at radius 2 is 2.04 bits per heavy atom. The predicted molar refractivity (Wildman–Crippen MR) is 102 cm³/mol. The molecule has 0 spiro atoms. The largest absolute Gasteiger partial charge is 0.422 e. The van der Waals surface area contributed by atoms with Gasteiger partial charge in [0.2, 0.25) is 0 Å². The summed E-state index contributed by atoms with van der Waals surface area (Å²) in [4.78, 5) is 30.1. The summed E-state index contributed by atoms with van der Waals surface area (Å²) in [5.41, 5.74) is 0.557. The van der Waals surface area contributed by atoms with Crippen molar-refractivity contribution in [3.05, 3.63) is 64.5 Å². The number of nitrogens with zero attached hydrogens (tertiary/aromatic N) is 1. The lowest BCUT2D eigenvalue weighted by atomic mass is 10.2. The molecule has 0 radical (unpaired) electrons. The van der Waals surface area contributed by atoms with Crippen LogP contribution < -0.4 is 10.9 Å². The minimum atomic E-state index is -0.665. The van der Waals surface area contributed by atoms with Crippen molar-refractivity contribution < 1.29 is 9.21 Å². The zero-order valence-corrected chi connectivity index (χ0v) is 14.7. The first-order valence-corrected chi connectivity index (χ1v) is 9.47. The SMILES string of the molecule is CSc1ccc2nc(NC(=O)c3cc4ccccc4oc3=O)sc2c1. The molecule has 4 rings (SSSR count). The van der Waals surface area contributed by atoms with Crippen LogP contribution in [0.5, 0.6) is 0 Å². The first-order chi connectivity index (χ1) is 12.1. The standard InChI is InChI=1S/C18H12N2O3S2/c1-24-11-6-7-13-15(9-11)25-18(19-13)20-16(21)12-8-10-4-2-3-5-14(10)23-17(12)22/h2-9H,1H3,(H,19,20,21). The number of thioether (sulfide) groups is 1. The number of aromatic nitrogens is 1. The molecule has 0 saturated carbocycles. The number of rotatable bonds is 3. The van der Waals surface area contributed by atoms with E-state index in [9.17, 15) is 9.59 Å². The second-order valence-electron chi connectivity index (χ2n) is 5.29. The van der Waals surface area contributed by atoms with Crippen LogP contribution >= 0.6 is 23.1 Å². The summed E-state index contributed by atoms with van der Waals surface area (Å²) >= 11 is 3.01.